The third kappa shape index (κ3) is 3.77. The fourth-order valence-corrected chi connectivity index (χ4v) is 5.86. The number of rotatable bonds is 5. The van der Waals surface area contributed by atoms with E-state index in [9.17, 15) is 29.1 Å². The van der Waals surface area contributed by atoms with Crippen LogP contribution < -0.4 is 0 Å². The summed E-state index contributed by atoms with van der Waals surface area (Å²) in [6.45, 7) is 6.55. The predicted octanol–water partition coefficient (Wildman–Crippen LogP) is 0.0724. The number of esters is 5. The van der Waals surface area contributed by atoms with Gasteiger partial charge >= 0.3 is 29.8 Å². The highest BCUT2D eigenvalue weighted by Gasteiger charge is 2.76. The first kappa shape index (κ1) is 24.7. The van der Waals surface area contributed by atoms with Gasteiger partial charge in [-0.3, -0.25) is 24.0 Å². The van der Waals surface area contributed by atoms with E-state index in [1.807, 2.05) is 0 Å². The summed E-state index contributed by atoms with van der Waals surface area (Å²) in [5, 5.41) is 10.8. The van der Waals surface area contributed by atoms with E-state index < -0.39 is 77.4 Å². The highest BCUT2D eigenvalue weighted by atomic mass is 16.6. The predicted molar refractivity (Wildman–Crippen MR) is 107 cm³/mol. The first-order chi connectivity index (χ1) is 15.4. The Morgan fingerprint density at radius 3 is 2.21 bits per heavy atom. The van der Waals surface area contributed by atoms with Crippen molar-refractivity contribution in [2.75, 3.05) is 20.3 Å². The van der Waals surface area contributed by atoms with E-state index in [1.54, 1.807) is 0 Å². The molecular formula is C22H28O11. The van der Waals surface area contributed by atoms with Crippen LogP contribution in [0.3, 0.4) is 0 Å². The number of aliphatic hydroxyl groups excluding tert-OH is 1. The van der Waals surface area contributed by atoms with Crippen molar-refractivity contribution in [3.63, 3.8) is 0 Å². The second kappa shape index (κ2) is 8.77. The van der Waals surface area contributed by atoms with E-state index in [4.69, 9.17) is 23.7 Å². The minimum absolute atomic E-state index is 0.127. The monoisotopic (exact) mass is 468 g/mol. The maximum Gasteiger partial charge on any atom is 0.319 e. The average molecular weight is 468 g/mol. The SMILES string of the molecule is C=C1C2C(=O)OC[C@@]23[C@@H](OC(C)=O)C[C@@H](OC(C)=O)[C@](COC(C)=O)(C(=O)OC)[C@@H]3C[C@H]1O. The van der Waals surface area contributed by atoms with E-state index >= 15 is 0 Å². The molecule has 0 aromatic heterocycles. The van der Waals surface area contributed by atoms with Gasteiger partial charge in [0.1, 0.15) is 30.8 Å². The summed E-state index contributed by atoms with van der Waals surface area (Å²) in [5.74, 6) is -5.74. The van der Waals surface area contributed by atoms with E-state index in [2.05, 4.69) is 6.58 Å². The van der Waals surface area contributed by atoms with E-state index in [-0.39, 0.29) is 25.0 Å². The largest absolute Gasteiger partial charge is 0.468 e. The van der Waals surface area contributed by atoms with Crippen molar-refractivity contribution in [3.8, 4) is 0 Å². The lowest BCUT2D eigenvalue weighted by molar-refractivity contribution is -0.240. The molecule has 1 unspecified atom stereocenters. The van der Waals surface area contributed by atoms with Crippen molar-refractivity contribution < 1.29 is 52.8 Å². The van der Waals surface area contributed by atoms with Gasteiger partial charge in [0.15, 0.2) is 0 Å². The molecule has 1 N–H and O–H groups in total. The normalized spacial score (nSPS) is 37.2. The van der Waals surface area contributed by atoms with Crippen LogP contribution in [0.2, 0.25) is 0 Å². The van der Waals surface area contributed by atoms with Gasteiger partial charge in [-0.25, -0.2) is 0 Å². The van der Waals surface area contributed by atoms with Crippen LogP contribution in [0.15, 0.2) is 12.2 Å². The van der Waals surface area contributed by atoms with Crippen LogP contribution in [-0.2, 0) is 47.7 Å². The van der Waals surface area contributed by atoms with Gasteiger partial charge in [-0.2, -0.15) is 0 Å². The van der Waals surface area contributed by atoms with E-state index in [0.717, 1.165) is 21.0 Å². The number of carbonyl (C=O) groups is 5. The van der Waals surface area contributed by atoms with Crippen LogP contribution in [0, 0.1) is 22.7 Å². The molecular weight excluding hydrogens is 440 g/mol. The molecule has 2 aliphatic carbocycles. The molecule has 7 atom stereocenters. The molecule has 1 saturated heterocycles. The Morgan fingerprint density at radius 2 is 1.67 bits per heavy atom. The minimum Gasteiger partial charge on any atom is -0.468 e. The van der Waals surface area contributed by atoms with Crippen molar-refractivity contribution in [3.05, 3.63) is 12.2 Å². The molecule has 3 rings (SSSR count). The summed E-state index contributed by atoms with van der Waals surface area (Å²) in [6.07, 6.45) is -3.83. The Kier molecular flexibility index (Phi) is 6.56. The first-order valence-electron chi connectivity index (χ1n) is 10.5. The molecule has 0 aromatic rings. The standard InChI is InChI=1S/C22H28O11/c1-10-14(26)6-15-21(8-31-19(27)18(10)21)16(32-12(3)24)7-17(33-13(4)25)22(15,20(28)29-5)9-30-11(2)23/h14-18,26H,1,6-9H2,2-5H3/t14-,15-,16+,17-,18?,21-,22-/m1/s1. The number of cyclic esters (lactones) is 1. The molecule has 1 spiro atoms. The molecule has 1 aliphatic heterocycles. The van der Waals surface area contributed by atoms with Crippen LogP contribution in [0.25, 0.3) is 0 Å². The molecule has 182 valence electrons. The summed E-state index contributed by atoms with van der Waals surface area (Å²) in [5.41, 5.74) is -2.97. The van der Waals surface area contributed by atoms with Gasteiger partial charge in [0.25, 0.3) is 0 Å². The molecule has 11 heteroatoms. The third-order valence-electron chi connectivity index (χ3n) is 7.06. The highest BCUT2D eigenvalue weighted by molar-refractivity contribution is 5.84. The van der Waals surface area contributed by atoms with E-state index in [0.29, 0.717) is 0 Å². The van der Waals surface area contributed by atoms with Crippen molar-refractivity contribution in [1.29, 1.82) is 0 Å². The quantitative estimate of drug-likeness (QED) is 0.331. The van der Waals surface area contributed by atoms with Crippen LogP contribution in [0.4, 0.5) is 0 Å². The Bertz CT molecular complexity index is 895. The van der Waals surface area contributed by atoms with Gasteiger partial charge in [0.2, 0.25) is 0 Å². The second-order valence-corrected chi connectivity index (χ2v) is 8.78. The lowest BCUT2D eigenvalue weighted by atomic mass is 9.44. The summed E-state index contributed by atoms with van der Waals surface area (Å²) in [4.78, 5) is 61.9. The molecule has 3 aliphatic rings. The van der Waals surface area contributed by atoms with Crippen molar-refractivity contribution in [1.82, 2.24) is 0 Å². The number of aliphatic hydroxyl groups is 1. The zero-order valence-electron chi connectivity index (χ0n) is 19.0. The molecule has 3 fully saturated rings. The topological polar surface area (TPSA) is 152 Å². The molecule has 11 nitrogen and oxygen atoms in total. The van der Waals surface area contributed by atoms with Gasteiger partial charge in [0, 0.05) is 27.2 Å². The molecule has 33 heavy (non-hydrogen) atoms. The molecule has 1 heterocycles. The second-order valence-electron chi connectivity index (χ2n) is 8.78. The van der Waals surface area contributed by atoms with Crippen molar-refractivity contribution in [2.45, 2.75) is 51.9 Å². The maximum atomic E-state index is 13.4. The van der Waals surface area contributed by atoms with Crippen molar-refractivity contribution in [2.24, 2.45) is 22.7 Å². The Hall–Kier alpha value is -2.95. The Morgan fingerprint density at radius 1 is 1.06 bits per heavy atom. The zero-order valence-corrected chi connectivity index (χ0v) is 19.0. The number of carbonyl (C=O) groups excluding carboxylic acids is 5. The summed E-state index contributed by atoms with van der Waals surface area (Å²) < 4.78 is 26.8. The van der Waals surface area contributed by atoms with Gasteiger partial charge in [-0.05, 0) is 17.9 Å². The van der Waals surface area contributed by atoms with Crippen LogP contribution >= 0.6 is 0 Å². The summed E-state index contributed by atoms with van der Waals surface area (Å²) >= 11 is 0. The molecule has 0 amide bonds. The Labute approximate surface area is 190 Å². The van der Waals surface area contributed by atoms with E-state index in [1.165, 1.54) is 6.92 Å². The van der Waals surface area contributed by atoms with Crippen LogP contribution in [-0.4, -0.2) is 73.6 Å². The average Bonchev–Trinajstić information content (AvgIpc) is 3.07. The lowest BCUT2D eigenvalue weighted by Crippen LogP contribution is -2.70. The highest BCUT2D eigenvalue weighted by Crippen LogP contribution is 2.65. The number of hydrogen-bond donors (Lipinski definition) is 1. The smallest absolute Gasteiger partial charge is 0.319 e. The zero-order chi connectivity index (χ0) is 24.7. The molecule has 0 radical (unpaired) electrons. The fourth-order valence-electron chi connectivity index (χ4n) is 5.86. The summed E-state index contributed by atoms with van der Waals surface area (Å²) in [6, 6.07) is 0. The van der Waals surface area contributed by atoms with Crippen LogP contribution in [0.5, 0.6) is 0 Å². The van der Waals surface area contributed by atoms with Gasteiger partial charge in [-0.1, -0.05) is 6.58 Å². The first-order valence-corrected chi connectivity index (χ1v) is 10.5. The lowest BCUT2D eigenvalue weighted by Gasteiger charge is -2.60. The molecule has 0 aromatic carbocycles. The van der Waals surface area contributed by atoms with Gasteiger partial charge in [0.05, 0.1) is 24.5 Å². The third-order valence-corrected chi connectivity index (χ3v) is 7.06. The number of ether oxygens (including phenoxy) is 5. The maximum absolute atomic E-state index is 13.4. The summed E-state index contributed by atoms with van der Waals surface area (Å²) in [7, 11) is 1.12. The Balaban J connectivity index is 2.30. The number of methoxy groups -OCH3 is 1. The molecule has 2 saturated carbocycles. The fraction of sp³-hybridized carbons (Fsp3) is 0.682. The van der Waals surface area contributed by atoms with Crippen molar-refractivity contribution >= 4 is 29.8 Å². The number of hydrogen-bond acceptors (Lipinski definition) is 11. The van der Waals surface area contributed by atoms with Crippen LogP contribution in [0.1, 0.15) is 33.6 Å². The minimum atomic E-state index is -1.81. The molecule has 0 bridgehead atoms. The van der Waals surface area contributed by atoms with Gasteiger partial charge < -0.3 is 28.8 Å². The van der Waals surface area contributed by atoms with Gasteiger partial charge in [-0.15, -0.1) is 0 Å².